The van der Waals surface area contributed by atoms with Crippen molar-refractivity contribution >= 4 is 23.2 Å². The van der Waals surface area contributed by atoms with Gasteiger partial charge < -0.3 is 4.74 Å². The van der Waals surface area contributed by atoms with Crippen molar-refractivity contribution in [2.24, 2.45) is 0 Å². The molecule has 0 rings (SSSR count). The maximum Gasteiger partial charge on any atom is 0.147 e. The van der Waals surface area contributed by atoms with Crippen molar-refractivity contribution < 1.29 is 4.74 Å². The molecule has 0 fully saturated rings. The van der Waals surface area contributed by atoms with E-state index in [1.165, 1.54) is 0 Å². The van der Waals surface area contributed by atoms with Gasteiger partial charge in [0, 0.05) is 6.61 Å². The van der Waals surface area contributed by atoms with Crippen LogP contribution in [-0.4, -0.2) is 17.5 Å². The third-order valence-corrected chi connectivity index (χ3v) is 2.55. The molecule has 0 bridgehead atoms. The summed E-state index contributed by atoms with van der Waals surface area (Å²) < 4.78 is 5.27. The van der Waals surface area contributed by atoms with Crippen LogP contribution in [0.25, 0.3) is 0 Å². The minimum atomic E-state index is -0.326. The minimum absolute atomic E-state index is 0.0616. The van der Waals surface area contributed by atoms with Gasteiger partial charge in [-0.1, -0.05) is 31.9 Å². The summed E-state index contributed by atoms with van der Waals surface area (Å²) >= 11 is 11.7. The third-order valence-electron chi connectivity index (χ3n) is 1.45. The van der Waals surface area contributed by atoms with Crippen LogP contribution in [0.3, 0.4) is 0 Å². The second-order valence-corrected chi connectivity index (χ2v) is 3.49. The van der Waals surface area contributed by atoms with Gasteiger partial charge in [-0.2, -0.15) is 0 Å². The van der Waals surface area contributed by atoms with E-state index < -0.39 is 0 Å². The zero-order valence-corrected chi connectivity index (χ0v) is 8.66. The van der Waals surface area contributed by atoms with Gasteiger partial charge in [0.25, 0.3) is 0 Å². The SMILES string of the molecule is CCCCOC(Cl)C(Cl)CC. The topological polar surface area (TPSA) is 9.23 Å². The van der Waals surface area contributed by atoms with E-state index in [4.69, 9.17) is 27.9 Å². The molecule has 1 nitrogen and oxygen atoms in total. The van der Waals surface area contributed by atoms with Crippen molar-refractivity contribution in [3.8, 4) is 0 Å². The molecule has 0 amide bonds. The average molecular weight is 199 g/mol. The maximum absolute atomic E-state index is 5.84. The Kier molecular flexibility index (Phi) is 7.56. The largest absolute Gasteiger partial charge is 0.361 e. The Bertz CT molecular complexity index is 88.2. The predicted molar refractivity (Wildman–Crippen MR) is 50.4 cm³/mol. The van der Waals surface area contributed by atoms with E-state index in [9.17, 15) is 0 Å². The molecule has 0 saturated carbocycles. The van der Waals surface area contributed by atoms with E-state index in [0.717, 1.165) is 19.3 Å². The first-order valence-electron chi connectivity index (χ1n) is 4.12. The molecule has 0 aromatic heterocycles. The van der Waals surface area contributed by atoms with Gasteiger partial charge in [-0.3, -0.25) is 0 Å². The van der Waals surface area contributed by atoms with E-state index in [-0.39, 0.29) is 10.9 Å². The summed E-state index contributed by atoms with van der Waals surface area (Å²) in [6, 6.07) is 0. The molecule has 0 aromatic carbocycles. The van der Waals surface area contributed by atoms with Crippen LogP contribution < -0.4 is 0 Å². The minimum Gasteiger partial charge on any atom is -0.361 e. The second-order valence-electron chi connectivity index (χ2n) is 2.50. The third kappa shape index (κ3) is 5.77. The average Bonchev–Trinajstić information content (AvgIpc) is 2.03. The summed E-state index contributed by atoms with van der Waals surface area (Å²) in [4.78, 5) is 0. The molecule has 0 aliphatic carbocycles. The van der Waals surface area contributed by atoms with Crippen molar-refractivity contribution in [1.82, 2.24) is 0 Å². The lowest BCUT2D eigenvalue weighted by molar-refractivity contribution is 0.101. The Morgan fingerprint density at radius 2 is 1.91 bits per heavy atom. The molecule has 0 saturated heterocycles. The summed E-state index contributed by atoms with van der Waals surface area (Å²) in [7, 11) is 0. The van der Waals surface area contributed by atoms with Gasteiger partial charge in [0.2, 0.25) is 0 Å². The highest BCUT2D eigenvalue weighted by Gasteiger charge is 2.13. The molecule has 0 aromatic rings. The lowest BCUT2D eigenvalue weighted by Gasteiger charge is -2.14. The van der Waals surface area contributed by atoms with Crippen molar-refractivity contribution in [3.05, 3.63) is 0 Å². The predicted octanol–water partition coefficient (Wildman–Crippen LogP) is 3.39. The fourth-order valence-corrected chi connectivity index (χ4v) is 0.970. The van der Waals surface area contributed by atoms with Crippen molar-refractivity contribution in [1.29, 1.82) is 0 Å². The van der Waals surface area contributed by atoms with Crippen LogP contribution in [-0.2, 0) is 4.74 Å². The summed E-state index contributed by atoms with van der Waals surface area (Å²) in [5.74, 6) is 0. The van der Waals surface area contributed by atoms with Gasteiger partial charge in [-0.15, -0.1) is 11.6 Å². The van der Waals surface area contributed by atoms with Gasteiger partial charge in [-0.05, 0) is 12.8 Å². The summed E-state index contributed by atoms with van der Waals surface area (Å²) in [5, 5.41) is -0.0616. The van der Waals surface area contributed by atoms with Crippen molar-refractivity contribution in [2.45, 2.75) is 44.1 Å². The van der Waals surface area contributed by atoms with Crippen LogP contribution >= 0.6 is 23.2 Å². The number of unbranched alkanes of at least 4 members (excludes halogenated alkanes) is 1. The maximum atomic E-state index is 5.84. The Hall–Kier alpha value is 0.540. The lowest BCUT2D eigenvalue weighted by Crippen LogP contribution is -2.18. The Morgan fingerprint density at radius 3 is 2.36 bits per heavy atom. The van der Waals surface area contributed by atoms with Crippen LogP contribution in [0.15, 0.2) is 0 Å². The Labute approximate surface area is 79.0 Å². The fourth-order valence-electron chi connectivity index (χ4n) is 0.630. The summed E-state index contributed by atoms with van der Waals surface area (Å²) in [5.41, 5.74) is -0.326. The Balaban J connectivity index is 3.28. The molecule has 2 atom stereocenters. The molecule has 0 spiro atoms. The number of halogens is 2. The number of ether oxygens (including phenoxy) is 1. The van der Waals surface area contributed by atoms with E-state index in [1.54, 1.807) is 0 Å². The standard InChI is InChI=1S/C8H16Cl2O/c1-3-5-6-11-8(10)7(9)4-2/h7-8H,3-6H2,1-2H3. The van der Waals surface area contributed by atoms with Crippen molar-refractivity contribution in [2.75, 3.05) is 6.61 Å². The molecular formula is C8H16Cl2O. The molecular weight excluding hydrogens is 183 g/mol. The Morgan fingerprint density at radius 1 is 1.27 bits per heavy atom. The number of hydrogen-bond acceptors (Lipinski definition) is 1. The highest BCUT2D eigenvalue weighted by atomic mass is 35.5. The molecule has 0 heterocycles. The number of hydrogen-bond donors (Lipinski definition) is 0. The molecule has 0 N–H and O–H groups in total. The molecule has 3 heteroatoms. The first-order chi connectivity index (χ1) is 5.22. The highest BCUT2D eigenvalue weighted by Crippen LogP contribution is 2.14. The second kappa shape index (κ2) is 7.20. The first-order valence-corrected chi connectivity index (χ1v) is 4.99. The van der Waals surface area contributed by atoms with Gasteiger partial charge in [0.15, 0.2) is 0 Å². The normalized spacial score (nSPS) is 16.4. The molecule has 0 aliphatic rings. The van der Waals surface area contributed by atoms with Crippen LogP contribution in [0.4, 0.5) is 0 Å². The van der Waals surface area contributed by atoms with Crippen LogP contribution in [0.5, 0.6) is 0 Å². The highest BCUT2D eigenvalue weighted by molar-refractivity contribution is 6.29. The van der Waals surface area contributed by atoms with Crippen LogP contribution in [0.1, 0.15) is 33.1 Å². The van der Waals surface area contributed by atoms with Crippen molar-refractivity contribution in [3.63, 3.8) is 0 Å². The lowest BCUT2D eigenvalue weighted by atomic mass is 10.3. The molecule has 68 valence electrons. The van der Waals surface area contributed by atoms with E-state index in [0.29, 0.717) is 6.61 Å². The van der Waals surface area contributed by atoms with E-state index in [2.05, 4.69) is 6.92 Å². The van der Waals surface area contributed by atoms with E-state index >= 15 is 0 Å². The zero-order chi connectivity index (χ0) is 8.69. The van der Waals surface area contributed by atoms with Gasteiger partial charge in [0.05, 0.1) is 5.38 Å². The molecule has 0 aliphatic heterocycles. The first kappa shape index (κ1) is 11.5. The molecule has 2 unspecified atom stereocenters. The monoisotopic (exact) mass is 198 g/mol. The van der Waals surface area contributed by atoms with Gasteiger partial charge in [-0.25, -0.2) is 0 Å². The smallest absolute Gasteiger partial charge is 0.147 e. The number of rotatable bonds is 6. The van der Waals surface area contributed by atoms with E-state index in [1.807, 2.05) is 6.92 Å². The van der Waals surface area contributed by atoms with Crippen LogP contribution in [0, 0.1) is 0 Å². The number of alkyl halides is 2. The summed E-state index contributed by atoms with van der Waals surface area (Å²) in [6.07, 6.45) is 3.03. The summed E-state index contributed by atoms with van der Waals surface area (Å²) in [6.45, 7) is 4.83. The quantitative estimate of drug-likeness (QED) is 0.470. The van der Waals surface area contributed by atoms with Gasteiger partial charge >= 0.3 is 0 Å². The van der Waals surface area contributed by atoms with Crippen LogP contribution in [0.2, 0.25) is 0 Å². The molecule has 11 heavy (non-hydrogen) atoms. The zero-order valence-electron chi connectivity index (χ0n) is 7.15. The van der Waals surface area contributed by atoms with Gasteiger partial charge in [0.1, 0.15) is 5.56 Å². The molecule has 0 radical (unpaired) electrons. The fraction of sp³-hybridized carbons (Fsp3) is 1.00.